The molecule has 7 nitrogen and oxygen atoms in total. The van der Waals surface area contributed by atoms with Crippen molar-refractivity contribution in [2.75, 3.05) is 26.2 Å². The smallest absolute Gasteiger partial charge is 0.416 e. The van der Waals surface area contributed by atoms with Crippen LogP contribution in [0.5, 0.6) is 5.75 Å². The minimum Gasteiger partial charge on any atom is -0.493 e. The number of nitrogens with zero attached hydrogens (tertiary/aromatic N) is 3. The van der Waals surface area contributed by atoms with Crippen molar-refractivity contribution in [3.63, 3.8) is 0 Å². The normalized spacial score (nSPS) is 22.3. The van der Waals surface area contributed by atoms with E-state index in [1.165, 1.54) is 15.9 Å². The predicted octanol–water partition coefficient (Wildman–Crippen LogP) is 6.86. The van der Waals surface area contributed by atoms with Gasteiger partial charge in [-0.3, -0.25) is 14.7 Å². The standard InChI is InChI=1S/C31H29Cl2F3N4O3/c1-4-43-25-17-21(31(34,35)36)9-14-24(25)27-38-29(2,19-5-10-22(32)11-6-19)30(3,20-7-12-23(33)13-8-20)40(27)28(42)39-16-15-37-26(41)18-39/h5-14,17H,4,15-16,18H2,1-3H3,(H,37,41). The summed E-state index contributed by atoms with van der Waals surface area (Å²) in [5.74, 6) is -0.303. The molecular weight excluding hydrogens is 604 g/mol. The molecule has 3 amide bonds. The number of alkyl halides is 3. The van der Waals surface area contributed by atoms with Crippen LogP contribution in [0.15, 0.2) is 71.7 Å². The van der Waals surface area contributed by atoms with Crippen LogP contribution >= 0.6 is 23.2 Å². The number of urea groups is 1. The maximum absolute atomic E-state index is 14.6. The lowest BCUT2D eigenvalue weighted by atomic mass is 9.71. The van der Waals surface area contributed by atoms with E-state index in [0.717, 1.165) is 12.1 Å². The molecule has 1 fully saturated rings. The number of rotatable bonds is 5. The van der Waals surface area contributed by atoms with Crippen molar-refractivity contribution >= 4 is 41.0 Å². The third-order valence-electron chi connectivity index (χ3n) is 8.10. The maximum atomic E-state index is 14.6. The fourth-order valence-corrected chi connectivity index (χ4v) is 5.92. The molecule has 2 aliphatic heterocycles. The zero-order valence-electron chi connectivity index (χ0n) is 23.6. The van der Waals surface area contributed by atoms with Crippen LogP contribution in [-0.4, -0.2) is 53.8 Å². The van der Waals surface area contributed by atoms with Crippen molar-refractivity contribution in [1.82, 2.24) is 15.1 Å². The molecule has 2 atom stereocenters. The number of amidine groups is 1. The lowest BCUT2D eigenvalue weighted by Crippen LogP contribution is -2.61. The Hall–Kier alpha value is -3.76. The van der Waals surface area contributed by atoms with E-state index in [4.69, 9.17) is 32.9 Å². The average Bonchev–Trinajstić information content (AvgIpc) is 3.21. The lowest BCUT2D eigenvalue weighted by Gasteiger charge is -2.46. The van der Waals surface area contributed by atoms with E-state index in [9.17, 15) is 22.8 Å². The molecule has 1 saturated heterocycles. The number of carbonyl (C=O) groups is 2. The SMILES string of the molecule is CCOc1cc(C(F)(F)F)ccc1C1=NC(C)(c2ccc(Cl)cc2)C(C)(c2ccc(Cl)cc2)N1C(=O)N1CCNC(=O)C1. The Kier molecular flexibility index (Phi) is 8.13. The van der Waals surface area contributed by atoms with Crippen molar-refractivity contribution in [3.8, 4) is 5.75 Å². The monoisotopic (exact) mass is 632 g/mol. The molecule has 2 aliphatic rings. The van der Waals surface area contributed by atoms with E-state index in [0.29, 0.717) is 21.2 Å². The highest BCUT2D eigenvalue weighted by Gasteiger charge is 2.60. The summed E-state index contributed by atoms with van der Waals surface area (Å²) in [7, 11) is 0. The Morgan fingerprint density at radius 2 is 1.60 bits per heavy atom. The number of aliphatic imine (C=N–C) groups is 1. The first-order valence-corrected chi connectivity index (χ1v) is 14.4. The molecule has 226 valence electrons. The number of ether oxygens (including phenoxy) is 1. The first-order chi connectivity index (χ1) is 20.3. The average molecular weight is 633 g/mol. The highest BCUT2D eigenvalue weighted by molar-refractivity contribution is 6.30. The topological polar surface area (TPSA) is 74.2 Å². The number of nitrogens with one attached hydrogen (secondary N) is 1. The second kappa shape index (κ2) is 11.4. The van der Waals surface area contributed by atoms with Crippen LogP contribution in [0.3, 0.4) is 0 Å². The summed E-state index contributed by atoms with van der Waals surface area (Å²) in [5.41, 5.74) is -1.80. The minimum atomic E-state index is -4.62. The van der Waals surface area contributed by atoms with Gasteiger partial charge >= 0.3 is 12.2 Å². The first kappa shape index (κ1) is 30.7. The molecule has 12 heteroatoms. The van der Waals surface area contributed by atoms with Gasteiger partial charge in [0.05, 0.1) is 17.7 Å². The van der Waals surface area contributed by atoms with Gasteiger partial charge in [0.25, 0.3) is 0 Å². The van der Waals surface area contributed by atoms with Crippen LogP contribution in [0.2, 0.25) is 10.0 Å². The Morgan fingerprint density at radius 3 is 2.16 bits per heavy atom. The van der Waals surface area contributed by atoms with Crippen molar-refractivity contribution in [2.24, 2.45) is 4.99 Å². The number of piperazine rings is 1. The van der Waals surface area contributed by atoms with Gasteiger partial charge in [-0.1, -0.05) is 47.5 Å². The molecule has 0 radical (unpaired) electrons. The number of benzene rings is 3. The Labute approximate surface area is 257 Å². The molecule has 0 spiro atoms. The Morgan fingerprint density at radius 1 is 1.00 bits per heavy atom. The van der Waals surface area contributed by atoms with Crippen molar-refractivity contribution in [2.45, 2.75) is 38.0 Å². The fourth-order valence-electron chi connectivity index (χ4n) is 5.67. The molecule has 2 heterocycles. The second-order valence-corrected chi connectivity index (χ2v) is 11.5. The Bertz CT molecular complexity index is 1580. The van der Waals surface area contributed by atoms with Crippen LogP contribution in [0, 0.1) is 0 Å². The molecule has 0 bridgehead atoms. The first-order valence-electron chi connectivity index (χ1n) is 13.6. The van der Waals surface area contributed by atoms with Crippen LogP contribution in [-0.2, 0) is 22.0 Å². The molecule has 2 unspecified atom stereocenters. The molecular formula is C31H29Cl2F3N4O3. The van der Waals surface area contributed by atoms with Crippen LogP contribution in [0.4, 0.5) is 18.0 Å². The van der Waals surface area contributed by atoms with E-state index >= 15 is 0 Å². The van der Waals surface area contributed by atoms with E-state index in [2.05, 4.69) is 5.32 Å². The predicted molar refractivity (Wildman–Crippen MR) is 159 cm³/mol. The van der Waals surface area contributed by atoms with Crippen molar-refractivity contribution in [3.05, 3.63) is 99.0 Å². The van der Waals surface area contributed by atoms with Gasteiger partial charge in [-0.25, -0.2) is 4.79 Å². The minimum absolute atomic E-state index is 0.0741. The summed E-state index contributed by atoms with van der Waals surface area (Å²) < 4.78 is 46.9. The van der Waals surface area contributed by atoms with E-state index < -0.39 is 28.8 Å². The summed E-state index contributed by atoms with van der Waals surface area (Å²) in [5, 5.41) is 3.69. The highest BCUT2D eigenvalue weighted by Crippen LogP contribution is 2.54. The van der Waals surface area contributed by atoms with Gasteiger partial charge in [-0.2, -0.15) is 13.2 Å². The van der Waals surface area contributed by atoms with Gasteiger partial charge in [0.2, 0.25) is 5.91 Å². The molecule has 3 aromatic rings. The van der Waals surface area contributed by atoms with Gasteiger partial charge < -0.3 is 15.0 Å². The van der Waals surface area contributed by atoms with Gasteiger partial charge in [-0.05, 0) is 74.4 Å². The summed E-state index contributed by atoms with van der Waals surface area (Å²) in [4.78, 5) is 35.0. The molecule has 1 N–H and O–H groups in total. The number of halogens is 5. The van der Waals surface area contributed by atoms with Crippen LogP contribution < -0.4 is 10.1 Å². The summed E-state index contributed by atoms with van der Waals surface area (Å²) in [6.07, 6.45) is -4.62. The van der Waals surface area contributed by atoms with Crippen molar-refractivity contribution < 1.29 is 27.5 Å². The van der Waals surface area contributed by atoms with Gasteiger partial charge in [0.15, 0.2) is 0 Å². The summed E-state index contributed by atoms with van der Waals surface area (Å²) in [6, 6.07) is 16.6. The largest absolute Gasteiger partial charge is 0.493 e. The third-order valence-corrected chi connectivity index (χ3v) is 8.60. The van der Waals surface area contributed by atoms with E-state index in [1.807, 2.05) is 13.8 Å². The second-order valence-electron chi connectivity index (χ2n) is 10.6. The zero-order chi connectivity index (χ0) is 31.2. The lowest BCUT2D eigenvalue weighted by molar-refractivity contribution is -0.137. The van der Waals surface area contributed by atoms with Crippen LogP contribution in [0.1, 0.15) is 43.0 Å². The van der Waals surface area contributed by atoms with Crippen molar-refractivity contribution in [1.29, 1.82) is 0 Å². The van der Waals surface area contributed by atoms with Gasteiger partial charge in [0, 0.05) is 23.1 Å². The number of carbonyl (C=O) groups excluding carboxylic acids is 2. The number of hydrogen-bond acceptors (Lipinski definition) is 4. The summed E-state index contributed by atoms with van der Waals surface area (Å²) in [6.45, 7) is 5.72. The number of hydrogen-bond donors (Lipinski definition) is 1. The molecule has 43 heavy (non-hydrogen) atoms. The van der Waals surface area contributed by atoms with Crippen LogP contribution in [0.25, 0.3) is 0 Å². The summed E-state index contributed by atoms with van der Waals surface area (Å²) >= 11 is 12.5. The zero-order valence-corrected chi connectivity index (χ0v) is 25.1. The quantitative estimate of drug-likeness (QED) is 0.334. The molecule has 0 saturated carbocycles. The third kappa shape index (κ3) is 5.42. The highest BCUT2D eigenvalue weighted by atomic mass is 35.5. The molecule has 0 aliphatic carbocycles. The van der Waals surface area contributed by atoms with E-state index in [1.54, 1.807) is 55.5 Å². The van der Waals surface area contributed by atoms with Gasteiger partial charge in [0.1, 0.15) is 29.2 Å². The Balaban J connectivity index is 1.81. The van der Waals surface area contributed by atoms with Gasteiger partial charge in [-0.15, -0.1) is 0 Å². The maximum Gasteiger partial charge on any atom is 0.416 e. The molecule has 5 rings (SSSR count). The molecule has 3 aromatic carbocycles. The number of amides is 3. The van der Waals surface area contributed by atoms with E-state index in [-0.39, 0.29) is 49.3 Å². The fraction of sp³-hybridized carbons (Fsp3) is 0.323. The molecule has 0 aromatic heterocycles.